The third kappa shape index (κ3) is 3.03. The largest absolute Gasteiger partial charge is 0.406 e. The number of hydrogen-bond donors (Lipinski definition) is 1. The second kappa shape index (κ2) is 3.78. The van der Waals surface area contributed by atoms with Gasteiger partial charge in [0.05, 0.1) is 7.11 Å². The van der Waals surface area contributed by atoms with Crippen LogP contribution in [0.5, 0.6) is 0 Å². The molecule has 0 fully saturated rings. The highest BCUT2D eigenvalue weighted by molar-refractivity contribution is 4.68. The fourth-order valence-electron chi connectivity index (χ4n) is 0.524. The fourth-order valence-corrected chi connectivity index (χ4v) is 0.524. The summed E-state index contributed by atoms with van der Waals surface area (Å²) in [5, 5.41) is 0. The zero-order valence-electron chi connectivity index (χ0n) is 5.83. The predicted octanol–water partition coefficient (Wildman–Crippen LogP) is 1.48. The van der Waals surface area contributed by atoms with Crippen LogP contribution in [0.1, 0.15) is 13.3 Å². The number of rotatable bonds is 3. The Kier molecular flexibility index (Phi) is 3.67. The molecular formula is C5H10F3NO. The highest BCUT2D eigenvalue weighted by Crippen LogP contribution is 2.21. The lowest BCUT2D eigenvalue weighted by Crippen LogP contribution is -2.40. The van der Waals surface area contributed by atoms with Gasteiger partial charge in [0.1, 0.15) is 6.04 Å². The molecule has 0 spiro atoms. The van der Waals surface area contributed by atoms with Crippen molar-refractivity contribution >= 4 is 0 Å². The molecule has 0 heterocycles. The van der Waals surface area contributed by atoms with Crippen LogP contribution in [0.15, 0.2) is 0 Å². The monoisotopic (exact) mass is 157 g/mol. The maximum atomic E-state index is 11.8. The molecule has 1 N–H and O–H groups in total. The lowest BCUT2D eigenvalue weighted by molar-refractivity contribution is -0.181. The van der Waals surface area contributed by atoms with Gasteiger partial charge in [0, 0.05) is 0 Å². The number of nitrogens with one attached hydrogen (secondary N) is 1. The van der Waals surface area contributed by atoms with Crippen LogP contribution in [-0.4, -0.2) is 19.3 Å². The Hall–Kier alpha value is -0.290. The maximum absolute atomic E-state index is 11.8. The number of halogens is 3. The van der Waals surface area contributed by atoms with Crippen molar-refractivity contribution < 1.29 is 18.0 Å². The van der Waals surface area contributed by atoms with E-state index in [1.54, 1.807) is 0 Å². The van der Waals surface area contributed by atoms with E-state index in [0.717, 1.165) is 7.11 Å². The van der Waals surface area contributed by atoms with Gasteiger partial charge in [0.25, 0.3) is 0 Å². The first-order valence-electron chi connectivity index (χ1n) is 2.87. The Balaban J connectivity index is 3.81. The molecule has 10 heavy (non-hydrogen) atoms. The Labute approximate surface area is 57.3 Å². The molecule has 0 unspecified atom stereocenters. The van der Waals surface area contributed by atoms with Crippen molar-refractivity contribution in [3.8, 4) is 0 Å². The van der Waals surface area contributed by atoms with Gasteiger partial charge in [0.15, 0.2) is 0 Å². The summed E-state index contributed by atoms with van der Waals surface area (Å²) in [5.74, 6) is 0. The third-order valence-electron chi connectivity index (χ3n) is 1.06. The van der Waals surface area contributed by atoms with E-state index >= 15 is 0 Å². The highest BCUT2D eigenvalue weighted by atomic mass is 19.4. The van der Waals surface area contributed by atoms with Gasteiger partial charge in [-0.1, -0.05) is 6.92 Å². The molecule has 0 saturated carbocycles. The van der Waals surface area contributed by atoms with Crippen LogP contribution in [0.3, 0.4) is 0 Å². The molecule has 0 aromatic rings. The van der Waals surface area contributed by atoms with Crippen molar-refractivity contribution in [2.45, 2.75) is 25.6 Å². The van der Waals surface area contributed by atoms with Gasteiger partial charge < -0.3 is 4.84 Å². The second-order valence-electron chi connectivity index (χ2n) is 1.82. The fraction of sp³-hybridized carbons (Fsp3) is 1.00. The van der Waals surface area contributed by atoms with E-state index in [-0.39, 0.29) is 6.42 Å². The first-order chi connectivity index (χ1) is 4.52. The smallest absolute Gasteiger partial charge is 0.305 e. The summed E-state index contributed by atoms with van der Waals surface area (Å²) < 4.78 is 35.3. The lowest BCUT2D eigenvalue weighted by Gasteiger charge is -2.17. The summed E-state index contributed by atoms with van der Waals surface area (Å²) in [4.78, 5) is 4.15. The minimum Gasteiger partial charge on any atom is -0.305 e. The SMILES string of the molecule is CC[C@@H](NOC)C(F)(F)F. The minimum absolute atomic E-state index is 0.0304. The van der Waals surface area contributed by atoms with Crippen LogP contribution in [0.4, 0.5) is 13.2 Å². The van der Waals surface area contributed by atoms with E-state index in [1.807, 2.05) is 5.48 Å². The maximum Gasteiger partial charge on any atom is 0.406 e. The molecular weight excluding hydrogens is 147 g/mol. The molecule has 0 aliphatic heterocycles. The van der Waals surface area contributed by atoms with Gasteiger partial charge in [0.2, 0.25) is 0 Å². The number of hydrogen-bond acceptors (Lipinski definition) is 2. The zero-order valence-corrected chi connectivity index (χ0v) is 5.83. The van der Waals surface area contributed by atoms with Crippen LogP contribution in [0, 0.1) is 0 Å². The van der Waals surface area contributed by atoms with Crippen molar-refractivity contribution in [1.82, 2.24) is 5.48 Å². The van der Waals surface area contributed by atoms with E-state index in [9.17, 15) is 13.2 Å². The summed E-state index contributed by atoms with van der Waals surface area (Å²) in [6, 6.07) is -1.56. The third-order valence-corrected chi connectivity index (χ3v) is 1.06. The van der Waals surface area contributed by atoms with Gasteiger partial charge in [-0.2, -0.15) is 18.7 Å². The first kappa shape index (κ1) is 9.71. The summed E-state index contributed by atoms with van der Waals surface area (Å²) in [6.45, 7) is 1.43. The molecule has 62 valence electrons. The van der Waals surface area contributed by atoms with Gasteiger partial charge in [-0.3, -0.25) is 0 Å². The van der Waals surface area contributed by atoms with E-state index in [4.69, 9.17) is 0 Å². The standard InChI is InChI=1S/C5H10F3NO/c1-3-4(9-10-2)5(6,7)8/h4,9H,3H2,1-2H3/t4-/m1/s1. The predicted molar refractivity (Wildman–Crippen MR) is 30.3 cm³/mol. The molecule has 2 nitrogen and oxygen atoms in total. The first-order valence-corrected chi connectivity index (χ1v) is 2.87. The molecule has 0 bridgehead atoms. The van der Waals surface area contributed by atoms with Crippen LogP contribution in [0.2, 0.25) is 0 Å². The Morgan fingerprint density at radius 2 is 2.00 bits per heavy atom. The van der Waals surface area contributed by atoms with Crippen molar-refractivity contribution in [3.63, 3.8) is 0 Å². The Morgan fingerprint density at radius 3 is 2.10 bits per heavy atom. The van der Waals surface area contributed by atoms with Crippen LogP contribution >= 0.6 is 0 Å². The summed E-state index contributed by atoms with van der Waals surface area (Å²) in [5.41, 5.74) is 1.85. The van der Waals surface area contributed by atoms with Crippen LogP contribution in [-0.2, 0) is 4.84 Å². The molecule has 0 rings (SSSR count). The summed E-state index contributed by atoms with van der Waals surface area (Å²) >= 11 is 0. The van der Waals surface area contributed by atoms with Crippen molar-refractivity contribution in [2.24, 2.45) is 0 Å². The molecule has 0 aromatic carbocycles. The van der Waals surface area contributed by atoms with Gasteiger partial charge in [-0.15, -0.1) is 0 Å². The van der Waals surface area contributed by atoms with Crippen LogP contribution < -0.4 is 5.48 Å². The zero-order chi connectivity index (χ0) is 8.20. The molecule has 0 aliphatic carbocycles. The highest BCUT2D eigenvalue weighted by Gasteiger charge is 2.38. The molecule has 1 atom stereocenters. The van der Waals surface area contributed by atoms with E-state index < -0.39 is 12.2 Å². The van der Waals surface area contributed by atoms with Gasteiger partial charge >= 0.3 is 6.18 Å². The Bertz CT molecular complexity index is 93.4. The van der Waals surface area contributed by atoms with E-state index in [1.165, 1.54) is 6.92 Å². The van der Waals surface area contributed by atoms with Gasteiger partial charge in [-0.25, -0.2) is 0 Å². The molecule has 0 amide bonds. The molecule has 0 aliphatic rings. The van der Waals surface area contributed by atoms with Crippen LogP contribution in [0.25, 0.3) is 0 Å². The average molecular weight is 157 g/mol. The quantitative estimate of drug-likeness (QED) is 0.626. The lowest BCUT2D eigenvalue weighted by atomic mass is 10.2. The number of hydroxylamine groups is 1. The van der Waals surface area contributed by atoms with E-state index in [2.05, 4.69) is 4.84 Å². The molecule has 0 radical (unpaired) electrons. The molecule has 0 saturated heterocycles. The topological polar surface area (TPSA) is 21.3 Å². The molecule has 0 aromatic heterocycles. The van der Waals surface area contributed by atoms with Gasteiger partial charge in [-0.05, 0) is 6.42 Å². The van der Waals surface area contributed by atoms with Crippen molar-refractivity contribution in [2.75, 3.05) is 7.11 Å². The Morgan fingerprint density at radius 1 is 1.50 bits per heavy atom. The van der Waals surface area contributed by atoms with Crippen molar-refractivity contribution in [3.05, 3.63) is 0 Å². The second-order valence-corrected chi connectivity index (χ2v) is 1.82. The summed E-state index contributed by atoms with van der Waals surface area (Å²) in [6.07, 6.45) is -4.25. The number of alkyl halides is 3. The normalized spacial score (nSPS) is 15.3. The van der Waals surface area contributed by atoms with E-state index in [0.29, 0.717) is 0 Å². The summed E-state index contributed by atoms with van der Waals surface area (Å²) in [7, 11) is 1.16. The molecule has 5 heteroatoms. The average Bonchev–Trinajstić information content (AvgIpc) is 1.80. The minimum atomic E-state index is -4.22. The van der Waals surface area contributed by atoms with Crippen molar-refractivity contribution in [1.29, 1.82) is 0 Å².